The fourth-order valence-corrected chi connectivity index (χ4v) is 2.40. The molecule has 0 fully saturated rings. The van der Waals surface area contributed by atoms with E-state index >= 15 is 0 Å². The molecule has 6 heteroatoms. The molecular weight excluding hydrogens is 334 g/mol. The Hall–Kier alpha value is -3.02. The number of ether oxygens (including phenoxy) is 3. The van der Waals surface area contributed by atoms with Crippen LogP contribution in [0.4, 0.5) is 0 Å². The number of nitrogens with one attached hydrogen (secondary N) is 1. The Kier molecular flexibility index (Phi) is 7.02. The van der Waals surface area contributed by atoms with Crippen LogP contribution in [0.5, 0.6) is 11.5 Å². The number of esters is 1. The van der Waals surface area contributed by atoms with Crippen molar-refractivity contribution in [2.24, 2.45) is 0 Å². The van der Waals surface area contributed by atoms with Gasteiger partial charge in [-0.2, -0.15) is 0 Å². The Balaban J connectivity index is 1.78. The molecule has 138 valence electrons. The van der Waals surface area contributed by atoms with Gasteiger partial charge in [-0.1, -0.05) is 30.3 Å². The number of hydrogen-bond acceptors (Lipinski definition) is 5. The lowest BCUT2D eigenvalue weighted by atomic mass is 10.1. The second-order valence-electron chi connectivity index (χ2n) is 5.73. The first-order chi connectivity index (χ1) is 12.5. The molecule has 0 spiro atoms. The highest BCUT2D eigenvalue weighted by Gasteiger charge is 2.10. The first-order valence-electron chi connectivity index (χ1n) is 8.21. The van der Waals surface area contributed by atoms with E-state index in [1.165, 1.54) is 0 Å². The van der Waals surface area contributed by atoms with Crippen molar-refractivity contribution in [1.29, 1.82) is 0 Å². The van der Waals surface area contributed by atoms with Gasteiger partial charge in [0.05, 0.1) is 20.6 Å². The minimum atomic E-state index is -0.430. The molecule has 0 saturated carbocycles. The van der Waals surface area contributed by atoms with Crippen LogP contribution in [0.2, 0.25) is 0 Å². The summed E-state index contributed by atoms with van der Waals surface area (Å²) in [6.45, 7) is 1.92. The molecule has 0 aliphatic carbocycles. The van der Waals surface area contributed by atoms with Crippen molar-refractivity contribution in [3.63, 3.8) is 0 Å². The molecule has 26 heavy (non-hydrogen) atoms. The number of methoxy groups -OCH3 is 2. The van der Waals surface area contributed by atoms with Crippen molar-refractivity contribution in [1.82, 2.24) is 5.32 Å². The average molecular weight is 357 g/mol. The van der Waals surface area contributed by atoms with Gasteiger partial charge in [-0.3, -0.25) is 9.59 Å². The van der Waals surface area contributed by atoms with E-state index in [4.69, 9.17) is 14.2 Å². The standard InChI is InChI=1S/C20H23NO5/c1-14-6-4-5-7-16(14)11-20(23)26-13-19(22)21-12-15-8-9-17(24-2)18(10-15)25-3/h4-10H,11-13H2,1-3H3,(H,21,22). The summed E-state index contributed by atoms with van der Waals surface area (Å²) in [5.74, 6) is 0.412. The van der Waals surface area contributed by atoms with Crippen LogP contribution < -0.4 is 14.8 Å². The van der Waals surface area contributed by atoms with Crippen molar-refractivity contribution >= 4 is 11.9 Å². The van der Waals surface area contributed by atoms with Gasteiger partial charge in [-0.05, 0) is 35.7 Å². The molecule has 1 N–H and O–H groups in total. The number of benzene rings is 2. The van der Waals surface area contributed by atoms with Gasteiger partial charge in [-0.25, -0.2) is 0 Å². The predicted molar refractivity (Wildman–Crippen MR) is 97.2 cm³/mol. The molecule has 1 amide bonds. The largest absolute Gasteiger partial charge is 0.493 e. The zero-order valence-corrected chi connectivity index (χ0v) is 15.2. The Morgan fingerprint density at radius 3 is 2.42 bits per heavy atom. The highest BCUT2D eigenvalue weighted by molar-refractivity contribution is 5.81. The molecule has 2 aromatic carbocycles. The summed E-state index contributed by atoms with van der Waals surface area (Å²) in [5, 5.41) is 2.71. The van der Waals surface area contributed by atoms with Crippen LogP contribution in [-0.2, 0) is 27.3 Å². The van der Waals surface area contributed by atoms with E-state index in [2.05, 4.69) is 5.32 Å². The molecule has 0 aliphatic heterocycles. The molecular formula is C20H23NO5. The van der Waals surface area contributed by atoms with Gasteiger partial charge in [0.15, 0.2) is 18.1 Å². The quantitative estimate of drug-likeness (QED) is 0.735. The molecule has 2 aromatic rings. The third-order valence-corrected chi connectivity index (χ3v) is 3.90. The predicted octanol–water partition coefficient (Wildman–Crippen LogP) is 2.41. The Bertz CT molecular complexity index is 773. The fraction of sp³-hybridized carbons (Fsp3) is 0.300. The monoisotopic (exact) mass is 357 g/mol. The van der Waals surface area contributed by atoms with Crippen LogP contribution in [0.15, 0.2) is 42.5 Å². The normalized spacial score (nSPS) is 10.1. The number of hydrogen-bond donors (Lipinski definition) is 1. The number of rotatable bonds is 8. The first kappa shape index (κ1) is 19.3. The zero-order valence-electron chi connectivity index (χ0n) is 15.2. The lowest BCUT2D eigenvalue weighted by Crippen LogP contribution is -2.28. The van der Waals surface area contributed by atoms with Crippen molar-refractivity contribution in [3.05, 3.63) is 59.2 Å². The van der Waals surface area contributed by atoms with Gasteiger partial charge < -0.3 is 19.5 Å². The Morgan fingerprint density at radius 2 is 1.73 bits per heavy atom. The number of carbonyl (C=O) groups excluding carboxylic acids is 2. The minimum absolute atomic E-state index is 0.148. The maximum absolute atomic E-state index is 11.9. The smallest absolute Gasteiger partial charge is 0.310 e. The summed E-state index contributed by atoms with van der Waals surface area (Å²) in [7, 11) is 3.11. The highest BCUT2D eigenvalue weighted by Crippen LogP contribution is 2.27. The van der Waals surface area contributed by atoms with E-state index in [1.807, 2.05) is 37.3 Å². The van der Waals surface area contributed by atoms with Crippen LogP contribution in [0, 0.1) is 6.92 Å². The Morgan fingerprint density at radius 1 is 1.00 bits per heavy atom. The molecule has 2 rings (SSSR count). The summed E-state index contributed by atoms with van der Waals surface area (Å²) in [4.78, 5) is 23.7. The molecule has 0 atom stereocenters. The van der Waals surface area contributed by atoms with Gasteiger partial charge in [0, 0.05) is 6.54 Å². The van der Waals surface area contributed by atoms with Crippen LogP contribution >= 0.6 is 0 Å². The third kappa shape index (κ3) is 5.51. The van der Waals surface area contributed by atoms with Crippen LogP contribution in [0.1, 0.15) is 16.7 Å². The van der Waals surface area contributed by atoms with Gasteiger partial charge in [0.2, 0.25) is 0 Å². The van der Waals surface area contributed by atoms with Gasteiger partial charge >= 0.3 is 5.97 Å². The van der Waals surface area contributed by atoms with Crippen LogP contribution in [0.25, 0.3) is 0 Å². The summed E-state index contributed by atoms with van der Waals surface area (Å²) >= 11 is 0. The van der Waals surface area contributed by atoms with E-state index in [1.54, 1.807) is 26.4 Å². The summed E-state index contributed by atoms with van der Waals surface area (Å²) in [6.07, 6.45) is 0.148. The zero-order chi connectivity index (χ0) is 18.9. The van der Waals surface area contributed by atoms with E-state index in [0.29, 0.717) is 18.0 Å². The van der Waals surface area contributed by atoms with Gasteiger partial charge in [-0.15, -0.1) is 0 Å². The second kappa shape index (κ2) is 9.46. The maximum atomic E-state index is 11.9. The molecule has 0 unspecified atom stereocenters. The lowest BCUT2D eigenvalue weighted by Gasteiger charge is -2.11. The summed E-state index contributed by atoms with van der Waals surface area (Å²) < 4.78 is 15.4. The molecule has 0 heterocycles. The highest BCUT2D eigenvalue weighted by atomic mass is 16.5. The van der Waals surface area contributed by atoms with Crippen LogP contribution in [-0.4, -0.2) is 32.7 Å². The van der Waals surface area contributed by atoms with Crippen molar-refractivity contribution in [2.45, 2.75) is 19.9 Å². The molecule has 0 aliphatic rings. The third-order valence-electron chi connectivity index (χ3n) is 3.90. The van der Waals surface area contributed by atoms with Gasteiger partial charge in [0.1, 0.15) is 0 Å². The van der Waals surface area contributed by atoms with Gasteiger partial charge in [0.25, 0.3) is 5.91 Å². The lowest BCUT2D eigenvalue weighted by molar-refractivity contribution is -0.147. The van der Waals surface area contributed by atoms with Crippen molar-refractivity contribution in [3.8, 4) is 11.5 Å². The van der Waals surface area contributed by atoms with E-state index in [-0.39, 0.29) is 18.9 Å². The molecule has 0 aromatic heterocycles. The van der Waals surface area contributed by atoms with E-state index < -0.39 is 5.97 Å². The minimum Gasteiger partial charge on any atom is -0.493 e. The van der Waals surface area contributed by atoms with Crippen LogP contribution in [0.3, 0.4) is 0 Å². The number of aryl methyl sites for hydroxylation is 1. The molecule has 0 bridgehead atoms. The van der Waals surface area contributed by atoms with E-state index in [0.717, 1.165) is 16.7 Å². The molecule has 0 radical (unpaired) electrons. The number of carbonyl (C=O) groups is 2. The topological polar surface area (TPSA) is 73.9 Å². The van der Waals surface area contributed by atoms with Crippen molar-refractivity contribution < 1.29 is 23.8 Å². The molecule has 0 saturated heterocycles. The SMILES string of the molecule is COc1ccc(CNC(=O)COC(=O)Cc2ccccc2C)cc1OC. The fourth-order valence-electron chi connectivity index (χ4n) is 2.40. The maximum Gasteiger partial charge on any atom is 0.310 e. The average Bonchev–Trinajstić information content (AvgIpc) is 2.66. The van der Waals surface area contributed by atoms with Crippen molar-refractivity contribution in [2.75, 3.05) is 20.8 Å². The second-order valence-corrected chi connectivity index (χ2v) is 5.73. The van der Waals surface area contributed by atoms with E-state index in [9.17, 15) is 9.59 Å². The molecule has 6 nitrogen and oxygen atoms in total. The summed E-state index contributed by atoms with van der Waals surface area (Å²) in [5.41, 5.74) is 2.76. The Labute approximate surface area is 153 Å². The first-order valence-corrected chi connectivity index (χ1v) is 8.21. The summed E-state index contributed by atoms with van der Waals surface area (Å²) in [6, 6.07) is 12.9. The number of amides is 1.